The lowest BCUT2D eigenvalue weighted by molar-refractivity contribution is 0.0337. The van der Waals surface area contributed by atoms with Crippen LogP contribution >= 0.6 is 0 Å². The first-order chi connectivity index (χ1) is 11.4. The van der Waals surface area contributed by atoms with Crippen molar-refractivity contribution >= 4 is 12.0 Å². The maximum atomic E-state index is 12.3. The third-order valence-corrected chi connectivity index (χ3v) is 3.77. The summed E-state index contributed by atoms with van der Waals surface area (Å²) in [5.41, 5.74) is 0.310. The van der Waals surface area contributed by atoms with Crippen LogP contribution in [0.1, 0.15) is 42.1 Å². The summed E-state index contributed by atoms with van der Waals surface area (Å²) >= 11 is 0. The van der Waals surface area contributed by atoms with Gasteiger partial charge >= 0.3 is 5.97 Å². The molecule has 1 aliphatic rings. The largest absolute Gasteiger partial charge is 0.508 e. The van der Waals surface area contributed by atoms with Gasteiger partial charge in [-0.15, -0.1) is 0 Å². The van der Waals surface area contributed by atoms with Crippen molar-refractivity contribution in [3.63, 3.8) is 0 Å². The van der Waals surface area contributed by atoms with E-state index in [9.17, 15) is 25.2 Å². The van der Waals surface area contributed by atoms with Gasteiger partial charge in [0.05, 0.1) is 12.2 Å². The molecule has 0 aliphatic carbocycles. The van der Waals surface area contributed by atoms with Gasteiger partial charge in [-0.25, -0.2) is 4.79 Å². The van der Waals surface area contributed by atoms with Gasteiger partial charge in [-0.1, -0.05) is 24.3 Å². The Morgan fingerprint density at radius 1 is 1.17 bits per heavy atom. The van der Waals surface area contributed by atoms with Gasteiger partial charge in [0.15, 0.2) is 0 Å². The number of aliphatic hydroxyl groups excluding tert-OH is 2. The van der Waals surface area contributed by atoms with Gasteiger partial charge in [-0.2, -0.15) is 0 Å². The smallest absolute Gasteiger partial charge is 0.342 e. The maximum absolute atomic E-state index is 12.3. The zero-order valence-electron chi connectivity index (χ0n) is 13.4. The fraction of sp³-hybridized carbons (Fsp3) is 0.389. The van der Waals surface area contributed by atoms with Gasteiger partial charge in [0.2, 0.25) is 0 Å². The van der Waals surface area contributed by atoms with Crippen molar-refractivity contribution in [3.05, 3.63) is 41.5 Å². The number of phenolic OH excluding ortho intramolecular Hbond substituents is 2. The zero-order valence-corrected chi connectivity index (χ0v) is 13.4. The van der Waals surface area contributed by atoms with Crippen molar-refractivity contribution in [2.24, 2.45) is 0 Å². The van der Waals surface area contributed by atoms with E-state index in [-0.39, 0.29) is 17.1 Å². The Bertz CT molecular complexity index is 649. The number of hydrogen-bond acceptors (Lipinski definition) is 6. The predicted octanol–water partition coefficient (Wildman–Crippen LogP) is 2.12. The SMILES string of the molecule is CC1CC=CC(O)C(O)CCC=Cc2cc(O)cc(O)c2C(=O)O1. The van der Waals surface area contributed by atoms with Crippen LogP contribution < -0.4 is 0 Å². The molecule has 0 aromatic heterocycles. The summed E-state index contributed by atoms with van der Waals surface area (Å²) in [5, 5.41) is 39.3. The molecule has 0 saturated carbocycles. The van der Waals surface area contributed by atoms with Crippen LogP contribution in [-0.2, 0) is 4.74 Å². The summed E-state index contributed by atoms with van der Waals surface area (Å²) in [6, 6.07) is 2.44. The molecule has 0 fully saturated rings. The van der Waals surface area contributed by atoms with E-state index in [1.54, 1.807) is 25.2 Å². The summed E-state index contributed by atoms with van der Waals surface area (Å²) < 4.78 is 5.29. The molecule has 1 aromatic carbocycles. The minimum absolute atomic E-state index is 0.0162. The number of carbonyl (C=O) groups excluding carboxylic acids is 1. The summed E-state index contributed by atoms with van der Waals surface area (Å²) in [6.45, 7) is 1.68. The molecule has 6 nitrogen and oxygen atoms in total. The van der Waals surface area contributed by atoms with Crippen LogP contribution in [0.5, 0.6) is 11.5 Å². The zero-order chi connectivity index (χ0) is 17.7. The van der Waals surface area contributed by atoms with Crippen LogP contribution in [0.4, 0.5) is 0 Å². The van der Waals surface area contributed by atoms with E-state index in [2.05, 4.69) is 0 Å². The average Bonchev–Trinajstić information content (AvgIpc) is 2.49. The highest BCUT2D eigenvalue weighted by atomic mass is 16.5. The van der Waals surface area contributed by atoms with E-state index in [0.29, 0.717) is 24.8 Å². The molecule has 2 rings (SSSR count). The van der Waals surface area contributed by atoms with Crippen LogP contribution in [0, 0.1) is 0 Å². The number of phenols is 2. The topological polar surface area (TPSA) is 107 Å². The molecule has 0 saturated heterocycles. The first-order valence-corrected chi connectivity index (χ1v) is 7.84. The lowest BCUT2D eigenvalue weighted by Crippen LogP contribution is -2.23. The highest BCUT2D eigenvalue weighted by molar-refractivity contribution is 5.97. The van der Waals surface area contributed by atoms with E-state index < -0.39 is 24.3 Å². The summed E-state index contributed by atoms with van der Waals surface area (Å²) in [6.07, 6.45) is 5.18. The van der Waals surface area contributed by atoms with Crippen LogP contribution in [0.2, 0.25) is 0 Å². The first kappa shape index (κ1) is 18.0. The van der Waals surface area contributed by atoms with Crippen molar-refractivity contribution in [1.29, 1.82) is 0 Å². The van der Waals surface area contributed by atoms with Crippen molar-refractivity contribution in [3.8, 4) is 11.5 Å². The van der Waals surface area contributed by atoms with Crippen molar-refractivity contribution in [2.45, 2.75) is 44.5 Å². The lowest BCUT2D eigenvalue weighted by Gasteiger charge is -2.16. The quantitative estimate of drug-likeness (QED) is 0.428. The minimum atomic E-state index is -0.982. The number of carbonyl (C=O) groups is 1. The van der Waals surface area contributed by atoms with Gasteiger partial charge in [0.1, 0.15) is 23.2 Å². The van der Waals surface area contributed by atoms with E-state index in [1.165, 1.54) is 12.1 Å². The van der Waals surface area contributed by atoms with Gasteiger partial charge in [0.25, 0.3) is 0 Å². The Labute approximate surface area is 140 Å². The van der Waals surface area contributed by atoms with E-state index in [1.807, 2.05) is 0 Å². The lowest BCUT2D eigenvalue weighted by atomic mass is 10.0. The van der Waals surface area contributed by atoms with Crippen LogP contribution in [0.15, 0.2) is 30.4 Å². The number of benzene rings is 1. The van der Waals surface area contributed by atoms with Gasteiger partial charge < -0.3 is 25.2 Å². The van der Waals surface area contributed by atoms with Crippen molar-refractivity contribution < 1.29 is 30.0 Å². The summed E-state index contributed by atoms with van der Waals surface area (Å²) in [7, 11) is 0. The number of hydrogen-bond donors (Lipinski definition) is 4. The standard InChI is InChI=1S/C18H22O6/c1-11-5-4-8-15(21)14(20)7-3-2-6-12-9-13(19)10-16(22)17(12)18(23)24-11/h2,4,6,8-11,14-15,19-22H,3,5,7H2,1H3. The van der Waals surface area contributed by atoms with Crippen molar-refractivity contribution in [1.82, 2.24) is 0 Å². The Kier molecular flexibility index (Phi) is 6.00. The Morgan fingerprint density at radius 2 is 1.92 bits per heavy atom. The molecule has 4 N–H and O–H groups in total. The average molecular weight is 334 g/mol. The molecular weight excluding hydrogens is 312 g/mol. The summed E-state index contributed by atoms with van der Waals surface area (Å²) in [4.78, 5) is 12.3. The second-order valence-electron chi connectivity index (χ2n) is 5.85. The highest BCUT2D eigenvalue weighted by Gasteiger charge is 2.20. The number of fused-ring (bicyclic) bond motifs is 1. The number of rotatable bonds is 0. The molecule has 0 spiro atoms. The molecule has 0 radical (unpaired) electrons. The Morgan fingerprint density at radius 3 is 2.67 bits per heavy atom. The number of ether oxygens (including phenoxy) is 1. The molecular formula is C18H22O6. The number of cyclic esters (lactones) is 1. The third kappa shape index (κ3) is 4.59. The molecule has 6 heteroatoms. The molecule has 1 aliphatic heterocycles. The maximum Gasteiger partial charge on any atom is 0.342 e. The fourth-order valence-electron chi connectivity index (χ4n) is 2.46. The van der Waals surface area contributed by atoms with Gasteiger partial charge in [-0.3, -0.25) is 0 Å². The molecule has 1 heterocycles. The Hall–Kier alpha value is -2.31. The van der Waals surface area contributed by atoms with Crippen LogP contribution in [0.25, 0.3) is 6.08 Å². The second-order valence-corrected chi connectivity index (χ2v) is 5.85. The number of aliphatic hydroxyl groups is 2. The fourth-order valence-corrected chi connectivity index (χ4v) is 2.46. The second kappa shape index (κ2) is 7.99. The third-order valence-electron chi connectivity index (χ3n) is 3.77. The van der Waals surface area contributed by atoms with E-state index in [0.717, 1.165) is 6.07 Å². The molecule has 0 bridgehead atoms. The first-order valence-electron chi connectivity index (χ1n) is 7.84. The molecule has 130 valence electrons. The molecule has 1 aromatic rings. The molecule has 3 unspecified atom stereocenters. The van der Waals surface area contributed by atoms with Gasteiger partial charge in [-0.05, 0) is 31.4 Å². The summed E-state index contributed by atoms with van der Waals surface area (Å²) in [5.74, 6) is -1.22. The molecule has 3 atom stereocenters. The van der Waals surface area contributed by atoms with Crippen LogP contribution in [-0.4, -0.2) is 44.7 Å². The minimum Gasteiger partial charge on any atom is -0.508 e. The molecule has 0 amide bonds. The monoisotopic (exact) mass is 334 g/mol. The number of allylic oxidation sites excluding steroid dienone is 1. The highest BCUT2D eigenvalue weighted by Crippen LogP contribution is 2.29. The van der Waals surface area contributed by atoms with E-state index in [4.69, 9.17) is 4.74 Å². The molecule has 24 heavy (non-hydrogen) atoms. The number of aromatic hydroxyl groups is 2. The van der Waals surface area contributed by atoms with Crippen molar-refractivity contribution in [2.75, 3.05) is 0 Å². The predicted molar refractivity (Wildman–Crippen MR) is 88.7 cm³/mol. The van der Waals surface area contributed by atoms with Gasteiger partial charge in [0, 0.05) is 12.5 Å². The van der Waals surface area contributed by atoms with Crippen LogP contribution in [0.3, 0.4) is 0 Å². The number of esters is 1. The normalized spacial score (nSPS) is 25.6. The Balaban J connectivity index is 2.36. The van der Waals surface area contributed by atoms with E-state index >= 15 is 0 Å².